The Labute approximate surface area is 128 Å². The van der Waals surface area contributed by atoms with Crippen LogP contribution in [0.3, 0.4) is 0 Å². The van der Waals surface area contributed by atoms with E-state index in [1.165, 1.54) is 0 Å². The molecule has 0 spiro atoms. The molecule has 0 fully saturated rings. The Morgan fingerprint density at radius 2 is 2.00 bits per heavy atom. The van der Waals surface area contributed by atoms with Gasteiger partial charge >= 0.3 is 0 Å². The molecule has 0 saturated heterocycles. The summed E-state index contributed by atoms with van der Waals surface area (Å²) in [7, 11) is 1.67. The Hall–Kier alpha value is -1.39. The summed E-state index contributed by atoms with van der Waals surface area (Å²) < 4.78 is 5.09. The number of hydrogen-bond acceptors (Lipinski definition) is 3. The summed E-state index contributed by atoms with van der Waals surface area (Å²) in [5.41, 5.74) is 8.12. The first-order valence-corrected chi connectivity index (χ1v) is 7.44. The first kappa shape index (κ1) is 17.7. The van der Waals surface area contributed by atoms with Crippen LogP contribution in [-0.4, -0.2) is 25.7 Å². The molecule has 0 heterocycles. The molecular formula is C17H28N2O2. The minimum absolute atomic E-state index is 0.0309. The maximum absolute atomic E-state index is 12.1. The lowest BCUT2D eigenvalue weighted by atomic mass is 9.87. The van der Waals surface area contributed by atoms with Crippen LogP contribution in [0.5, 0.6) is 0 Å². The summed E-state index contributed by atoms with van der Waals surface area (Å²) in [6.07, 6.45) is 1.95. The average molecular weight is 292 g/mol. The van der Waals surface area contributed by atoms with Crippen LogP contribution in [0.15, 0.2) is 24.3 Å². The molecule has 1 unspecified atom stereocenters. The monoisotopic (exact) mass is 292 g/mol. The van der Waals surface area contributed by atoms with Crippen molar-refractivity contribution < 1.29 is 9.53 Å². The van der Waals surface area contributed by atoms with E-state index in [0.717, 1.165) is 24.1 Å². The molecule has 4 heteroatoms. The van der Waals surface area contributed by atoms with E-state index in [9.17, 15) is 4.79 Å². The van der Waals surface area contributed by atoms with Crippen molar-refractivity contribution in [3.05, 3.63) is 29.8 Å². The fourth-order valence-corrected chi connectivity index (χ4v) is 2.37. The predicted octanol–water partition coefficient (Wildman–Crippen LogP) is 2.97. The van der Waals surface area contributed by atoms with E-state index in [2.05, 4.69) is 26.1 Å². The van der Waals surface area contributed by atoms with Gasteiger partial charge in [0.2, 0.25) is 5.91 Å². The minimum Gasteiger partial charge on any atom is -0.384 e. The molecule has 4 nitrogen and oxygen atoms in total. The summed E-state index contributed by atoms with van der Waals surface area (Å²) >= 11 is 0. The van der Waals surface area contributed by atoms with E-state index < -0.39 is 0 Å². The number of nitrogens with two attached hydrogens (primary N) is 1. The number of carbonyl (C=O) groups is 1. The molecule has 1 aromatic carbocycles. The first-order chi connectivity index (χ1) is 9.81. The second-order valence-electron chi connectivity index (χ2n) is 6.68. The van der Waals surface area contributed by atoms with E-state index in [4.69, 9.17) is 10.5 Å². The molecule has 1 amide bonds. The fourth-order valence-electron chi connectivity index (χ4n) is 2.37. The highest BCUT2D eigenvalue weighted by atomic mass is 16.5. The lowest BCUT2D eigenvalue weighted by molar-refractivity contribution is -0.116. The zero-order valence-corrected chi connectivity index (χ0v) is 13.6. The van der Waals surface area contributed by atoms with Crippen molar-refractivity contribution in [3.63, 3.8) is 0 Å². The van der Waals surface area contributed by atoms with Crippen LogP contribution in [0.4, 0.5) is 5.69 Å². The molecule has 1 aromatic rings. The highest BCUT2D eigenvalue weighted by molar-refractivity contribution is 5.91. The standard InChI is InChI=1S/C17H28N2O2/c1-17(2,3)12-14(18)11-16(20)19-15-8-6-5-7-13(15)9-10-21-4/h5-8,14H,9-12,18H2,1-4H3,(H,19,20). The van der Waals surface area contributed by atoms with E-state index in [1.54, 1.807) is 7.11 Å². The summed E-state index contributed by atoms with van der Waals surface area (Å²) in [4.78, 5) is 12.1. The van der Waals surface area contributed by atoms with Gasteiger partial charge in [-0.15, -0.1) is 0 Å². The second kappa shape index (κ2) is 8.15. The van der Waals surface area contributed by atoms with Gasteiger partial charge in [-0.2, -0.15) is 0 Å². The van der Waals surface area contributed by atoms with Crippen molar-refractivity contribution in [1.29, 1.82) is 0 Å². The van der Waals surface area contributed by atoms with Crippen LogP contribution in [0.25, 0.3) is 0 Å². The largest absolute Gasteiger partial charge is 0.384 e. The molecule has 0 aliphatic heterocycles. The first-order valence-electron chi connectivity index (χ1n) is 7.44. The SMILES string of the molecule is COCCc1ccccc1NC(=O)CC(N)CC(C)(C)C. The fraction of sp³-hybridized carbons (Fsp3) is 0.588. The number of carbonyl (C=O) groups excluding carboxylic acids is 1. The Bertz CT molecular complexity index is 452. The van der Waals surface area contributed by atoms with Crippen molar-refractivity contribution in [2.24, 2.45) is 11.1 Å². The Morgan fingerprint density at radius 1 is 1.33 bits per heavy atom. The normalized spacial score (nSPS) is 13.0. The van der Waals surface area contributed by atoms with Crippen LogP contribution in [0.1, 0.15) is 39.2 Å². The molecule has 21 heavy (non-hydrogen) atoms. The number of amides is 1. The molecule has 0 bridgehead atoms. The maximum Gasteiger partial charge on any atom is 0.225 e. The third-order valence-corrected chi connectivity index (χ3v) is 3.19. The maximum atomic E-state index is 12.1. The lowest BCUT2D eigenvalue weighted by Gasteiger charge is -2.22. The predicted molar refractivity (Wildman–Crippen MR) is 87.3 cm³/mol. The number of anilines is 1. The van der Waals surface area contributed by atoms with Gasteiger partial charge in [0.05, 0.1) is 6.61 Å². The summed E-state index contributed by atoms with van der Waals surface area (Å²) in [6.45, 7) is 7.02. The zero-order valence-electron chi connectivity index (χ0n) is 13.6. The van der Waals surface area contributed by atoms with Gasteiger partial charge < -0.3 is 15.8 Å². The van der Waals surface area contributed by atoms with Crippen LogP contribution in [0.2, 0.25) is 0 Å². The average Bonchev–Trinajstić information content (AvgIpc) is 2.35. The van der Waals surface area contributed by atoms with Gasteiger partial charge in [-0.1, -0.05) is 39.0 Å². The number of hydrogen-bond donors (Lipinski definition) is 2. The zero-order chi connectivity index (χ0) is 15.9. The van der Waals surface area contributed by atoms with Crippen molar-refractivity contribution in [1.82, 2.24) is 0 Å². The molecule has 118 valence electrons. The number of nitrogens with one attached hydrogen (secondary N) is 1. The van der Waals surface area contributed by atoms with Gasteiger partial charge in [0, 0.05) is 25.3 Å². The molecule has 0 aromatic heterocycles. The van der Waals surface area contributed by atoms with Gasteiger partial charge in [0.25, 0.3) is 0 Å². The van der Waals surface area contributed by atoms with E-state index in [1.807, 2.05) is 24.3 Å². The molecule has 1 rings (SSSR count). The molecule has 0 radical (unpaired) electrons. The van der Waals surface area contributed by atoms with Crippen LogP contribution < -0.4 is 11.1 Å². The van der Waals surface area contributed by atoms with Crippen molar-refractivity contribution in [3.8, 4) is 0 Å². The second-order valence-corrected chi connectivity index (χ2v) is 6.68. The number of ether oxygens (including phenoxy) is 1. The number of rotatable bonds is 7. The smallest absolute Gasteiger partial charge is 0.225 e. The molecule has 0 aliphatic rings. The molecule has 1 atom stereocenters. The topological polar surface area (TPSA) is 64.3 Å². The highest BCUT2D eigenvalue weighted by Crippen LogP contribution is 2.22. The minimum atomic E-state index is -0.115. The van der Waals surface area contributed by atoms with Gasteiger partial charge in [-0.3, -0.25) is 4.79 Å². The van der Waals surface area contributed by atoms with Crippen LogP contribution >= 0.6 is 0 Å². The van der Waals surface area contributed by atoms with Gasteiger partial charge in [-0.05, 0) is 29.9 Å². The van der Waals surface area contributed by atoms with Gasteiger partial charge in [0.1, 0.15) is 0 Å². The van der Waals surface area contributed by atoms with E-state index >= 15 is 0 Å². The molecule has 3 N–H and O–H groups in total. The Balaban J connectivity index is 2.58. The van der Waals surface area contributed by atoms with Crippen LogP contribution in [0, 0.1) is 5.41 Å². The Kier molecular flexibility index (Phi) is 6.85. The third kappa shape index (κ3) is 7.25. The lowest BCUT2D eigenvalue weighted by Crippen LogP contribution is -2.31. The quantitative estimate of drug-likeness (QED) is 0.812. The number of para-hydroxylation sites is 1. The summed E-state index contributed by atoms with van der Waals surface area (Å²) in [6, 6.07) is 7.69. The highest BCUT2D eigenvalue weighted by Gasteiger charge is 2.18. The van der Waals surface area contributed by atoms with Crippen molar-refractivity contribution >= 4 is 11.6 Å². The molecular weight excluding hydrogens is 264 g/mol. The molecule has 0 aliphatic carbocycles. The number of benzene rings is 1. The Morgan fingerprint density at radius 3 is 2.62 bits per heavy atom. The van der Waals surface area contributed by atoms with Crippen LogP contribution in [-0.2, 0) is 16.0 Å². The molecule has 0 saturated carbocycles. The summed E-state index contributed by atoms with van der Waals surface area (Å²) in [5, 5.41) is 2.96. The van der Waals surface area contributed by atoms with Gasteiger partial charge in [-0.25, -0.2) is 0 Å². The number of methoxy groups -OCH3 is 1. The van der Waals surface area contributed by atoms with Crippen molar-refractivity contribution in [2.45, 2.75) is 46.1 Å². The third-order valence-electron chi connectivity index (χ3n) is 3.19. The summed E-state index contributed by atoms with van der Waals surface area (Å²) in [5.74, 6) is -0.0309. The van der Waals surface area contributed by atoms with E-state index in [0.29, 0.717) is 13.0 Å². The van der Waals surface area contributed by atoms with E-state index in [-0.39, 0.29) is 17.4 Å². The van der Waals surface area contributed by atoms with Crippen molar-refractivity contribution in [2.75, 3.05) is 19.0 Å². The van der Waals surface area contributed by atoms with Gasteiger partial charge in [0.15, 0.2) is 0 Å².